The summed E-state index contributed by atoms with van der Waals surface area (Å²) in [6.07, 6.45) is 0. The normalized spacial score (nSPS) is 10.3. The van der Waals surface area contributed by atoms with E-state index in [4.69, 9.17) is 4.74 Å². The SMILES string of the molecule is COCc1ccccc1NC(=O)c1ccc(Br)s1. The topological polar surface area (TPSA) is 38.3 Å². The van der Waals surface area contributed by atoms with Gasteiger partial charge in [0.05, 0.1) is 15.3 Å². The average molecular weight is 326 g/mol. The van der Waals surface area contributed by atoms with E-state index in [9.17, 15) is 4.79 Å². The second kappa shape index (κ2) is 6.13. The fourth-order valence-corrected chi connectivity index (χ4v) is 2.83. The number of rotatable bonds is 4. The molecule has 0 bridgehead atoms. The molecule has 5 heteroatoms. The van der Waals surface area contributed by atoms with Crippen molar-refractivity contribution >= 4 is 38.9 Å². The summed E-state index contributed by atoms with van der Waals surface area (Å²) in [5, 5.41) is 2.90. The van der Waals surface area contributed by atoms with Gasteiger partial charge in [-0.25, -0.2) is 0 Å². The summed E-state index contributed by atoms with van der Waals surface area (Å²) in [7, 11) is 1.63. The molecular formula is C13H12BrNO2S. The molecule has 1 heterocycles. The summed E-state index contributed by atoms with van der Waals surface area (Å²) < 4.78 is 6.05. The number of ether oxygens (including phenoxy) is 1. The van der Waals surface area contributed by atoms with Crippen LogP contribution >= 0.6 is 27.3 Å². The number of thiophene rings is 1. The van der Waals surface area contributed by atoms with Gasteiger partial charge in [0.25, 0.3) is 5.91 Å². The van der Waals surface area contributed by atoms with E-state index in [1.165, 1.54) is 11.3 Å². The molecule has 0 aliphatic carbocycles. The lowest BCUT2D eigenvalue weighted by Crippen LogP contribution is -2.11. The highest BCUT2D eigenvalue weighted by Gasteiger charge is 2.10. The van der Waals surface area contributed by atoms with Crippen LogP contribution in [0.3, 0.4) is 0 Å². The molecule has 3 nitrogen and oxygen atoms in total. The number of carbonyl (C=O) groups excluding carboxylic acids is 1. The minimum atomic E-state index is -0.103. The highest BCUT2D eigenvalue weighted by Crippen LogP contribution is 2.24. The zero-order valence-corrected chi connectivity index (χ0v) is 12.2. The summed E-state index contributed by atoms with van der Waals surface area (Å²) in [6.45, 7) is 0.477. The molecular weight excluding hydrogens is 314 g/mol. The molecule has 0 aliphatic heterocycles. The highest BCUT2D eigenvalue weighted by atomic mass is 79.9. The lowest BCUT2D eigenvalue weighted by molar-refractivity contribution is 0.103. The number of hydrogen-bond donors (Lipinski definition) is 1. The molecule has 1 aromatic carbocycles. The van der Waals surface area contributed by atoms with Crippen molar-refractivity contribution in [1.82, 2.24) is 0 Å². The number of anilines is 1. The van der Waals surface area contributed by atoms with E-state index in [0.717, 1.165) is 15.0 Å². The molecule has 0 fully saturated rings. The van der Waals surface area contributed by atoms with Gasteiger partial charge in [0.2, 0.25) is 0 Å². The third-order valence-electron chi connectivity index (χ3n) is 2.36. The van der Waals surface area contributed by atoms with Crippen molar-refractivity contribution in [1.29, 1.82) is 0 Å². The number of amides is 1. The Hall–Kier alpha value is -1.17. The Bertz CT molecular complexity index is 553. The Morgan fingerprint density at radius 2 is 2.11 bits per heavy atom. The van der Waals surface area contributed by atoms with E-state index >= 15 is 0 Å². The lowest BCUT2D eigenvalue weighted by Gasteiger charge is -2.09. The van der Waals surface area contributed by atoms with Crippen molar-refractivity contribution in [3.8, 4) is 0 Å². The first-order valence-electron chi connectivity index (χ1n) is 5.34. The van der Waals surface area contributed by atoms with E-state index in [1.54, 1.807) is 13.2 Å². The quantitative estimate of drug-likeness (QED) is 0.925. The van der Waals surface area contributed by atoms with Gasteiger partial charge in [0.1, 0.15) is 0 Å². The van der Waals surface area contributed by atoms with Crippen molar-refractivity contribution in [2.75, 3.05) is 12.4 Å². The Morgan fingerprint density at radius 1 is 1.33 bits per heavy atom. The van der Waals surface area contributed by atoms with Crippen molar-refractivity contribution in [3.63, 3.8) is 0 Å². The molecule has 0 saturated carbocycles. The van der Waals surface area contributed by atoms with Crippen LogP contribution in [0, 0.1) is 0 Å². The first-order chi connectivity index (χ1) is 8.70. The molecule has 0 atom stereocenters. The van der Waals surface area contributed by atoms with Gasteiger partial charge in [-0.1, -0.05) is 18.2 Å². The van der Waals surface area contributed by atoms with Gasteiger partial charge >= 0.3 is 0 Å². The summed E-state index contributed by atoms with van der Waals surface area (Å²) in [5.74, 6) is -0.103. The molecule has 2 rings (SSSR count). The van der Waals surface area contributed by atoms with Crippen LogP contribution in [0.5, 0.6) is 0 Å². The molecule has 0 aliphatic rings. The average Bonchev–Trinajstić information content (AvgIpc) is 2.79. The van der Waals surface area contributed by atoms with Gasteiger partial charge in [0.15, 0.2) is 0 Å². The smallest absolute Gasteiger partial charge is 0.265 e. The van der Waals surface area contributed by atoms with Crippen LogP contribution in [0.2, 0.25) is 0 Å². The molecule has 18 heavy (non-hydrogen) atoms. The molecule has 1 amide bonds. The maximum absolute atomic E-state index is 12.0. The zero-order chi connectivity index (χ0) is 13.0. The standard InChI is InChI=1S/C13H12BrNO2S/c1-17-8-9-4-2-3-5-10(9)15-13(16)11-6-7-12(14)18-11/h2-7H,8H2,1H3,(H,15,16). The van der Waals surface area contributed by atoms with Crippen molar-refractivity contribution in [2.24, 2.45) is 0 Å². The van der Waals surface area contributed by atoms with Crippen molar-refractivity contribution < 1.29 is 9.53 Å². The zero-order valence-electron chi connectivity index (χ0n) is 9.77. The molecule has 0 unspecified atom stereocenters. The minimum absolute atomic E-state index is 0.103. The fraction of sp³-hybridized carbons (Fsp3) is 0.154. The fourth-order valence-electron chi connectivity index (χ4n) is 1.54. The van der Waals surface area contributed by atoms with Gasteiger partial charge in [-0.05, 0) is 34.1 Å². The maximum Gasteiger partial charge on any atom is 0.265 e. The van der Waals surface area contributed by atoms with Crippen LogP contribution in [-0.4, -0.2) is 13.0 Å². The number of nitrogens with one attached hydrogen (secondary N) is 1. The van der Waals surface area contributed by atoms with Crippen LogP contribution in [0.4, 0.5) is 5.69 Å². The second-order valence-electron chi connectivity index (χ2n) is 3.65. The Balaban J connectivity index is 2.16. The van der Waals surface area contributed by atoms with Gasteiger partial charge < -0.3 is 10.1 Å². The van der Waals surface area contributed by atoms with E-state index in [-0.39, 0.29) is 5.91 Å². The predicted octanol–water partition coefficient (Wildman–Crippen LogP) is 3.91. The molecule has 1 N–H and O–H groups in total. The van der Waals surface area contributed by atoms with Crippen LogP contribution < -0.4 is 5.32 Å². The number of methoxy groups -OCH3 is 1. The van der Waals surface area contributed by atoms with Crippen molar-refractivity contribution in [3.05, 3.63) is 50.6 Å². The largest absolute Gasteiger partial charge is 0.380 e. The van der Waals surface area contributed by atoms with Gasteiger partial charge in [0, 0.05) is 18.4 Å². The van der Waals surface area contributed by atoms with Crippen LogP contribution in [0.15, 0.2) is 40.2 Å². The number of para-hydroxylation sites is 1. The maximum atomic E-state index is 12.0. The molecule has 2 aromatic rings. The number of halogens is 1. The monoisotopic (exact) mass is 325 g/mol. The number of benzene rings is 1. The Kier molecular flexibility index (Phi) is 4.52. The first kappa shape index (κ1) is 13.3. The molecule has 94 valence electrons. The summed E-state index contributed by atoms with van der Waals surface area (Å²) >= 11 is 4.75. The summed E-state index contributed by atoms with van der Waals surface area (Å²) in [4.78, 5) is 12.7. The first-order valence-corrected chi connectivity index (χ1v) is 6.95. The molecule has 1 aromatic heterocycles. The van der Waals surface area contributed by atoms with Crippen LogP contribution in [0.1, 0.15) is 15.2 Å². The Labute approximate surface area is 118 Å². The second-order valence-corrected chi connectivity index (χ2v) is 6.11. The number of hydrogen-bond acceptors (Lipinski definition) is 3. The molecule has 0 spiro atoms. The Morgan fingerprint density at radius 3 is 2.78 bits per heavy atom. The lowest BCUT2D eigenvalue weighted by atomic mass is 10.2. The molecule has 0 saturated heterocycles. The molecule has 0 radical (unpaired) electrons. The summed E-state index contributed by atoms with van der Waals surface area (Å²) in [6, 6.07) is 11.3. The third kappa shape index (κ3) is 3.19. The van der Waals surface area contributed by atoms with Crippen LogP contribution in [0.25, 0.3) is 0 Å². The van der Waals surface area contributed by atoms with Gasteiger partial charge in [-0.2, -0.15) is 0 Å². The van der Waals surface area contributed by atoms with Crippen molar-refractivity contribution in [2.45, 2.75) is 6.61 Å². The number of carbonyl (C=O) groups is 1. The highest BCUT2D eigenvalue weighted by molar-refractivity contribution is 9.11. The predicted molar refractivity (Wildman–Crippen MR) is 77.1 cm³/mol. The van der Waals surface area contributed by atoms with Gasteiger partial charge in [-0.15, -0.1) is 11.3 Å². The van der Waals surface area contributed by atoms with E-state index in [0.29, 0.717) is 11.5 Å². The van der Waals surface area contributed by atoms with Gasteiger partial charge in [-0.3, -0.25) is 4.79 Å². The summed E-state index contributed by atoms with van der Waals surface area (Å²) in [5.41, 5.74) is 1.75. The van der Waals surface area contributed by atoms with E-state index in [2.05, 4.69) is 21.2 Å². The van der Waals surface area contributed by atoms with E-state index < -0.39 is 0 Å². The van der Waals surface area contributed by atoms with Crippen LogP contribution in [-0.2, 0) is 11.3 Å². The van der Waals surface area contributed by atoms with E-state index in [1.807, 2.05) is 30.3 Å². The minimum Gasteiger partial charge on any atom is -0.380 e. The third-order valence-corrected chi connectivity index (χ3v) is 3.98.